The predicted octanol–water partition coefficient (Wildman–Crippen LogP) is 2.79. The Balaban J connectivity index is 1.91. The lowest BCUT2D eigenvalue weighted by atomic mass is 10.2. The van der Waals surface area contributed by atoms with E-state index in [1.807, 2.05) is 18.2 Å². The van der Waals surface area contributed by atoms with Crippen LogP contribution >= 0.6 is 23.2 Å². The van der Waals surface area contributed by atoms with Crippen molar-refractivity contribution in [2.75, 3.05) is 20.1 Å². The molecule has 1 aliphatic rings. The van der Waals surface area contributed by atoms with E-state index in [-0.39, 0.29) is 0 Å². The average Bonchev–Trinajstić information content (AvgIpc) is 2.66. The van der Waals surface area contributed by atoms with Crippen molar-refractivity contribution in [3.05, 3.63) is 33.8 Å². The van der Waals surface area contributed by atoms with Gasteiger partial charge in [-0.2, -0.15) is 0 Å². The molecule has 1 unspecified atom stereocenters. The van der Waals surface area contributed by atoms with Gasteiger partial charge >= 0.3 is 0 Å². The predicted molar refractivity (Wildman–Crippen MR) is 69.2 cm³/mol. The van der Waals surface area contributed by atoms with Crippen molar-refractivity contribution < 1.29 is 0 Å². The van der Waals surface area contributed by atoms with Crippen LogP contribution in [0.5, 0.6) is 0 Å². The molecule has 1 fully saturated rings. The molecule has 0 saturated carbocycles. The second-order valence-electron chi connectivity index (χ2n) is 4.36. The second-order valence-corrected chi connectivity index (χ2v) is 5.21. The van der Waals surface area contributed by atoms with Crippen molar-refractivity contribution in [1.29, 1.82) is 0 Å². The monoisotopic (exact) mass is 258 g/mol. The van der Waals surface area contributed by atoms with Crippen LogP contribution in [-0.2, 0) is 6.54 Å². The molecule has 4 heteroatoms. The third-order valence-electron chi connectivity index (χ3n) is 2.98. The van der Waals surface area contributed by atoms with E-state index in [9.17, 15) is 0 Å². The molecule has 16 heavy (non-hydrogen) atoms. The normalized spacial score (nSPS) is 21.6. The van der Waals surface area contributed by atoms with Crippen molar-refractivity contribution in [3.8, 4) is 0 Å². The smallest absolute Gasteiger partial charge is 0.0451 e. The standard InChI is InChI=1S/C12H16Cl2N2/c1-16-5-4-11(8-16)15-7-9-6-10(13)2-3-12(9)14/h2-3,6,11,15H,4-5,7-8H2,1H3. The molecule has 0 radical (unpaired) electrons. The van der Waals surface area contributed by atoms with Crippen molar-refractivity contribution in [2.45, 2.75) is 19.0 Å². The van der Waals surface area contributed by atoms with E-state index in [0.717, 1.165) is 28.7 Å². The number of halogens is 2. The van der Waals surface area contributed by atoms with Crippen LogP contribution in [0.25, 0.3) is 0 Å². The zero-order chi connectivity index (χ0) is 11.5. The quantitative estimate of drug-likeness (QED) is 0.897. The lowest BCUT2D eigenvalue weighted by Gasteiger charge is -2.13. The molecule has 1 aromatic rings. The first kappa shape index (κ1) is 12.2. The summed E-state index contributed by atoms with van der Waals surface area (Å²) in [4.78, 5) is 2.33. The largest absolute Gasteiger partial charge is 0.309 e. The maximum absolute atomic E-state index is 6.10. The van der Waals surface area contributed by atoms with Gasteiger partial charge in [-0.1, -0.05) is 23.2 Å². The summed E-state index contributed by atoms with van der Waals surface area (Å²) in [5.74, 6) is 0. The first-order valence-electron chi connectivity index (χ1n) is 5.51. The highest BCUT2D eigenvalue weighted by atomic mass is 35.5. The molecule has 2 rings (SSSR count). The van der Waals surface area contributed by atoms with Crippen LogP contribution in [0.15, 0.2) is 18.2 Å². The van der Waals surface area contributed by atoms with Gasteiger partial charge in [-0.25, -0.2) is 0 Å². The Labute approximate surface area is 107 Å². The molecule has 1 heterocycles. The first-order chi connectivity index (χ1) is 7.65. The molecule has 0 aromatic heterocycles. The summed E-state index contributed by atoms with van der Waals surface area (Å²) >= 11 is 12.0. The van der Waals surface area contributed by atoms with E-state index in [0.29, 0.717) is 6.04 Å². The minimum atomic E-state index is 0.569. The molecule has 1 atom stereocenters. The van der Waals surface area contributed by atoms with Crippen LogP contribution in [0.4, 0.5) is 0 Å². The Morgan fingerprint density at radius 3 is 2.94 bits per heavy atom. The molecule has 0 amide bonds. The summed E-state index contributed by atoms with van der Waals surface area (Å²) in [6, 6.07) is 6.16. The Bertz CT molecular complexity index is 368. The minimum Gasteiger partial charge on any atom is -0.309 e. The summed E-state index contributed by atoms with van der Waals surface area (Å²) in [7, 11) is 2.15. The fourth-order valence-corrected chi connectivity index (χ4v) is 2.41. The fraction of sp³-hybridized carbons (Fsp3) is 0.500. The molecule has 0 aliphatic carbocycles. The number of benzene rings is 1. The lowest BCUT2D eigenvalue weighted by molar-refractivity contribution is 0.397. The number of likely N-dealkylation sites (tertiary alicyclic amines) is 1. The molecule has 88 valence electrons. The first-order valence-corrected chi connectivity index (χ1v) is 6.26. The van der Waals surface area contributed by atoms with E-state index >= 15 is 0 Å². The van der Waals surface area contributed by atoms with Crippen molar-refractivity contribution in [3.63, 3.8) is 0 Å². The highest BCUT2D eigenvalue weighted by Crippen LogP contribution is 2.20. The summed E-state index contributed by atoms with van der Waals surface area (Å²) in [5, 5.41) is 5.03. The van der Waals surface area contributed by atoms with Crippen LogP contribution in [-0.4, -0.2) is 31.1 Å². The molecule has 0 spiro atoms. The second kappa shape index (κ2) is 5.37. The highest BCUT2D eigenvalue weighted by Gasteiger charge is 2.18. The zero-order valence-electron chi connectivity index (χ0n) is 9.34. The van der Waals surface area contributed by atoms with Gasteiger partial charge in [0.25, 0.3) is 0 Å². The molecular weight excluding hydrogens is 243 g/mol. The maximum Gasteiger partial charge on any atom is 0.0451 e. The van der Waals surface area contributed by atoms with E-state index < -0.39 is 0 Å². The Hall–Kier alpha value is -0.280. The molecule has 1 N–H and O–H groups in total. The van der Waals surface area contributed by atoms with Crippen molar-refractivity contribution >= 4 is 23.2 Å². The molecule has 1 saturated heterocycles. The highest BCUT2D eigenvalue weighted by molar-refractivity contribution is 6.33. The van der Waals surface area contributed by atoms with Gasteiger partial charge in [0.15, 0.2) is 0 Å². The SMILES string of the molecule is CN1CCC(NCc2cc(Cl)ccc2Cl)C1. The fourth-order valence-electron chi connectivity index (χ4n) is 2.03. The Morgan fingerprint density at radius 2 is 2.25 bits per heavy atom. The van der Waals surface area contributed by atoms with Gasteiger partial charge in [0, 0.05) is 29.2 Å². The minimum absolute atomic E-state index is 0.569. The number of hydrogen-bond donors (Lipinski definition) is 1. The average molecular weight is 259 g/mol. The summed E-state index contributed by atoms with van der Waals surface area (Å²) in [6.45, 7) is 3.07. The van der Waals surface area contributed by atoms with Crippen molar-refractivity contribution in [1.82, 2.24) is 10.2 Å². The topological polar surface area (TPSA) is 15.3 Å². The van der Waals surface area contributed by atoms with Gasteiger partial charge in [-0.15, -0.1) is 0 Å². The van der Waals surface area contributed by atoms with E-state index in [1.54, 1.807) is 0 Å². The molecular formula is C12H16Cl2N2. The summed E-state index contributed by atoms with van der Waals surface area (Å²) < 4.78 is 0. The number of nitrogens with zero attached hydrogens (tertiary/aromatic N) is 1. The van der Waals surface area contributed by atoms with Crippen LogP contribution in [0.1, 0.15) is 12.0 Å². The van der Waals surface area contributed by atoms with Gasteiger partial charge < -0.3 is 10.2 Å². The lowest BCUT2D eigenvalue weighted by Crippen LogP contribution is -2.31. The van der Waals surface area contributed by atoms with E-state index in [4.69, 9.17) is 23.2 Å². The van der Waals surface area contributed by atoms with Crippen LogP contribution in [0.3, 0.4) is 0 Å². The summed E-state index contributed by atoms with van der Waals surface area (Å²) in [5.41, 5.74) is 1.07. The molecule has 0 bridgehead atoms. The van der Waals surface area contributed by atoms with Crippen LogP contribution in [0, 0.1) is 0 Å². The van der Waals surface area contributed by atoms with Gasteiger partial charge in [-0.05, 0) is 43.8 Å². The van der Waals surface area contributed by atoms with Gasteiger partial charge in [-0.3, -0.25) is 0 Å². The Kier molecular flexibility index (Phi) is 4.09. The third-order valence-corrected chi connectivity index (χ3v) is 3.58. The van der Waals surface area contributed by atoms with E-state index in [2.05, 4.69) is 17.3 Å². The number of nitrogens with one attached hydrogen (secondary N) is 1. The van der Waals surface area contributed by atoms with Crippen LogP contribution < -0.4 is 5.32 Å². The summed E-state index contributed by atoms with van der Waals surface area (Å²) in [6.07, 6.45) is 1.20. The molecule has 2 nitrogen and oxygen atoms in total. The third kappa shape index (κ3) is 3.11. The Morgan fingerprint density at radius 1 is 1.44 bits per heavy atom. The van der Waals surface area contributed by atoms with Crippen LogP contribution in [0.2, 0.25) is 10.0 Å². The number of likely N-dealkylation sites (N-methyl/N-ethyl adjacent to an activating group) is 1. The zero-order valence-corrected chi connectivity index (χ0v) is 10.9. The number of hydrogen-bond acceptors (Lipinski definition) is 2. The maximum atomic E-state index is 6.10. The van der Waals surface area contributed by atoms with Gasteiger partial charge in [0.1, 0.15) is 0 Å². The van der Waals surface area contributed by atoms with Gasteiger partial charge in [0.2, 0.25) is 0 Å². The van der Waals surface area contributed by atoms with Gasteiger partial charge in [0.05, 0.1) is 0 Å². The van der Waals surface area contributed by atoms with E-state index in [1.165, 1.54) is 13.0 Å². The molecule has 1 aliphatic heterocycles. The molecule has 1 aromatic carbocycles. The number of rotatable bonds is 3. The van der Waals surface area contributed by atoms with Crippen molar-refractivity contribution in [2.24, 2.45) is 0 Å².